The van der Waals surface area contributed by atoms with Crippen molar-refractivity contribution in [3.63, 3.8) is 0 Å². The molecule has 10 heteroatoms. The minimum Gasteiger partial charge on any atom is -0.467 e. The number of anilines is 1. The third kappa shape index (κ3) is 8.16. The number of nitrogens with one attached hydrogen (secondary N) is 1. The SMILES string of the molecule is CCOCCCN(CC(=O)N(Cc1ccc(F)cc1)Cc1ccco1)C(=O)Nc1ccc(F)cc1F. The molecule has 1 heterocycles. The van der Waals surface area contributed by atoms with Crippen LogP contribution in [-0.2, 0) is 22.6 Å². The number of carbonyl (C=O) groups excluding carboxylic acids is 2. The Balaban J connectivity index is 1.76. The lowest BCUT2D eigenvalue weighted by Gasteiger charge is -2.27. The lowest BCUT2D eigenvalue weighted by molar-refractivity contribution is -0.133. The lowest BCUT2D eigenvalue weighted by atomic mass is 10.2. The maximum atomic E-state index is 14.1. The Kier molecular flexibility index (Phi) is 9.93. The van der Waals surface area contributed by atoms with Crippen LogP contribution >= 0.6 is 0 Å². The number of nitrogens with zero attached hydrogens (tertiary/aromatic N) is 2. The summed E-state index contributed by atoms with van der Waals surface area (Å²) in [7, 11) is 0. The summed E-state index contributed by atoms with van der Waals surface area (Å²) in [6, 6.07) is 11.2. The number of halogens is 3. The Morgan fingerprint density at radius 3 is 2.39 bits per heavy atom. The molecule has 36 heavy (non-hydrogen) atoms. The zero-order chi connectivity index (χ0) is 25.9. The number of hydrogen-bond acceptors (Lipinski definition) is 4. The highest BCUT2D eigenvalue weighted by atomic mass is 19.1. The van der Waals surface area contributed by atoms with Crippen molar-refractivity contribution in [1.82, 2.24) is 9.80 Å². The molecule has 0 radical (unpaired) electrons. The van der Waals surface area contributed by atoms with Crippen molar-refractivity contribution in [3.05, 3.63) is 89.6 Å². The van der Waals surface area contributed by atoms with E-state index in [1.807, 2.05) is 6.92 Å². The Labute approximate surface area is 207 Å². The summed E-state index contributed by atoms with van der Waals surface area (Å²) >= 11 is 0. The number of ether oxygens (including phenoxy) is 1. The summed E-state index contributed by atoms with van der Waals surface area (Å²) in [5.74, 6) is -1.97. The zero-order valence-electron chi connectivity index (χ0n) is 19.9. The van der Waals surface area contributed by atoms with Crippen LogP contribution in [0.25, 0.3) is 0 Å². The molecule has 0 unspecified atom stereocenters. The van der Waals surface area contributed by atoms with E-state index in [0.717, 1.165) is 12.1 Å². The molecule has 192 valence electrons. The van der Waals surface area contributed by atoms with Crippen LogP contribution in [0.1, 0.15) is 24.7 Å². The predicted molar refractivity (Wildman–Crippen MR) is 127 cm³/mol. The third-order valence-corrected chi connectivity index (χ3v) is 5.27. The molecule has 0 saturated heterocycles. The number of carbonyl (C=O) groups is 2. The minimum absolute atomic E-state index is 0.129. The van der Waals surface area contributed by atoms with Crippen molar-refractivity contribution >= 4 is 17.6 Å². The molecule has 1 N–H and O–H groups in total. The quantitative estimate of drug-likeness (QED) is 0.346. The summed E-state index contributed by atoms with van der Waals surface area (Å²) in [5.41, 5.74) is 0.486. The first kappa shape index (κ1) is 26.8. The molecular formula is C26H28F3N3O4. The van der Waals surface area contributed by atoms with Crippen LogP contribution in [0.2, 0.25) is 0 Å². The van der Waals surface area contributed by atoms with Crippen molar-refractivity contribution in [2.24, 2.45) is 0 Å². The molecule has 0 aliphatic carbocycles. The van der Waals surface area contributed by atoms with E-state index in [2.05, 4.69) is 5.32 Å². The fourth-order valence-electron chi connectivity index (χ4n) is 3.44. The van der Waals surface area contributed by atoms with Gasteiger partial charge in [0.05, 0.1) is 18.5 Å². The first-order valence-electron chi connectivity index (χ1n) is 11.5. The molecule has 0 spiro atoms. The summed E-state index contributed by atoms with van der Waals surface area (Å²) in [6.45, 7) is 2.83. The number of furan rings is 1. The standard InChI is InChI=1S/C26H28F3N3O4/c1-2-35-13-4-12-31(26(34)30-24-11-10-21(28)15-23(24)29)18-25(33)32(17-22-5-3-14-36-22)16-19-6-8-20(27)9-7-19/h3,5-11,14-15H,2,4,12-13,16-18H2,1H3,(H,30,34). The van der Waals surface area contributed by atoms with Crippen molar-refractivity contribution < 1.29 is 31.9 Å². The van der Waals surface area contributed by atoms with Gasteiger partial charge in [-0.15, -0.1) is 0 Å². The topological polar surface area (TPSA) is 75.0 Å². The van der Waals surface area contributed by atoms with E-state index >= 15 is 0 Å². The zero-order valence-corrected chi connectivity index (χ0v) is 19.9. The average Bonchev–Trinajstić information content (AvgIpc) is 3.37. The molecule has 0 aliphatic heterocycles. The molecule has 2 aromatic carbocycles. The maximum Gasteiger partial charge on any atom is 0.322 e. The fourth-order valence-corrected chi connectivity index (χ4v) is 3.44. The number of urea groups is 1. The molecule has 0 saturated carbocycles. The molecule has 0 atom stereocenters. The van der Waals surface area contributed by atoms with Gasteiger partial charge in [0, 0.05) is 32.4 Å². The van der Waals surface area contributed by atoms with E-state index in [9.17, 15) is 22.8 Å². The van der Waals surface area contributed by atoms with Gasteiger partial charge in [-0.1, -0.05) is 12.1 Å². The lowest BCUT2D eigenvalue weighted by Crippen LogP contribution is -2.44. The number of benzene rings is 2. The van der Waals surface area contributed by atoms with Gasteiger partial charge in [0.1, 0.15) is 29.8 Å². The Morgan fingerprint density at radius 1 is 0.972 bits per heavy atom. The van der Waals surface area contributed by atoms with Gasteiger partial charge < -0.3 is 24.3 Å². The van der Waals surface area contributed by atoms with Gasteiger partial charge in [-0.3, -0.25) is 4.79 Å². The highest BCUT2D eigenvalue weighted by molar-refractivity contribution is 5.92. The summed E-state index contributed by atoms with van der Waals surface area (Å²) in [6.07, 6.45) is 1.93. The van der Waals surface area contributed by atoms with Crippen LogP contribution in [0.5, 0.6) is 0 Å². The number of hydrogen-bond donors (Lipinski definition) is 1. The van der Waals surface area contributed by atoms with Gasteiger partial charge in [0.2, 0.25) is 5.91 Å². The van der Waals surface area contributed by atoms with Crippen LogP contribution in [-0.4, -0.2) is 48.0 Å². The first-order chi connectivity index (χ1) is 17.4. The smallest absolute Gasteiger partial charge is 0.322 e. The summed E-state index contributed by atoms with van der Waals surface area (Å²) in [5, 5.41) is 2.40. The van der Waals surface area contributed by atoms with Gasteiger partial charge in [0.25, 0.3) is 0 Å². The van der Waals surface area contributed by atoms with Gasteiger partial charge >= 0.3 is 6.03 Å². The normalized spacial score (nSPS) is 10.8. The van der Waals surface area contributed by atoms with E-state index in [4.69, 9.17) is 9.15 Å². The van der Waals surface area contributed by atoms with E-state index in [0.29, 0.717) is 37.0 Å². The van der Waals surface area contributed by atoms with Gasteiger partial charge in [-0.05, 0) is 55.3 Å². The maximum absolute atomic E-state index is 14.1. The summed E-state index contributed by atoms with van der Waals surface area (Å²) < 4.78 is 51.4. The van der Waals surface area contributed by atoms with E-state index in [1.54, 1.807) is 24.3 Å². The summed E-state index contributed by atoms with van der Waals surface area (Å²) in [4.78, 5) is 29.0. The second kappa shape index (κ2) is 13.3. The van der Waals surface area contributed by atoms with Gasteiger partial charge in [-0.2, -0.15) is 0 Å². The molecule has 7 nitrogen and oxygen atoms in total. The molecule has 3 aromatic rings. The fraction of sp³-hybridized carbons (Fsp3) is 0.308. The average molecular weight is 504 g/mol. The largest absolute Gasteiger partial charge is 0.467 e. The monoisotopic (exact) mass is 503 g/mol. The van der Waals surface area contributed by atoms with E-state index in [1.165, 1.54) is 28.2 Å². The van der Waals surface area contributed by atoms with Crippen LogP contribution in [0.3, 0.4) is 0 Å². The third-order valence-electron chi connectivity index (χ3n) is 5.27. The highest BCUT2D eigenvalue weighted by Crippen LogP contribution is 2.17. The minimum atomic E-state index is -0.931. The molecule has 0 bridgehead atoms. The molecular weight excluding hydrogens is 475 g/mol. The molecule has 0 aliphatic rings. The molecule has 3 rings (SSSR count). The van der Waals surface area contributed by atoms with Gasteiger partial charge in [0.15, 0.2) is 0 Å². The van der Waals surface area contributed by atoms with Crippen LogP contribution in [0, 0.1) is 17.5 Å². The van der Waals surface area contributed by atoms with E-state index < -0.39 is 29.4 Å². The second-order valence-corrected chi connectivity index (χ2v) is 7.98. The second-order valence-electron chi connectivity index (χ2n) is 7.98. The van der Waals surface area contributed by atoms with Gasteiger partial charge in [-0.25, -0.2) is 18.0 Å². The van der Waals surface area contributed by atoms with Crippen LogP contribution in [0.15, 0.2) is 65.3 Å². The Bertz CT molecular complexity index is 1120. The predicted octanol–water partition coefficient (Wildman–Crippen LogP) is 5.19. The molecule has 3 amide bonds. The van der Waals surface area contributed by atoms with Crippen molar-refractivity contribution in [1.29, 1.82) is 0 Å². The Morgan fingerprint density at radius 2 is 1.72 bits per heavy atom. The number of amides is 3. The molecule has 1 aromatic heterocycles. The van der Waals surface area contributed by atoms with Crippen molar-refractivity contribution in [2.75, 3.05) is 31.6 Å². The van der Waals surface area contributed by atoms with Crippen LogP contribution < -0.4 is 5.32 Å². The van der Waals surface area contributed by atoms with E-state index in [-0.39, 0.29) is 31.9 Å². The van der Waals surface area contributed by atoms with Crippen LogP contribution in [0.4, 0.5) is 23.7 Å². The number of rotatable bonds is 12. The first-order valence-corrected chi connectivity index (χ1v) is 11.5. The van der Waals surface area contributed by atoms with Crippen molar-refractivity contribution in [3.8, 4) is 0 Å². The highest BCUT2D eigenvalue weighted by Gasteiger charge is 2.23. The van der Waals surface area contributed by atoms with Crippen molar-refractivity contribution in [2.45, 2.75) is 26.4 Å². The molecule has 0 fully saturated rings. The Hall–Kier alpha value is -3.79.